The van der Waals surface area contributed by atoms with Crippen LogP contribution in [0.3, 0.4) is 0 Å². The van der Waals surface area contributed by atoms with Gasteiger partial charge in [-0.1, -0.05) is 26.0 Å². The summed E-state index contributed by atoms with van der Waals surface area (Å²) in [5, 5.41) is 6.76. The summed E-state index contributed by atoms with van der Waals surface area (Å²) in [5.74, 6) is 1.72. The van der Waals surface area contributed by atoms with E-state index in [-0.39, 0.29) is 0 Å². The molecule has 0 aliphatic rings. The fraction of sp³-hybridized carbons (Fsp3) is 0.667. The topological polar surface area (TPSA) is 58.1 Å². The second kappa shape index (κ2) is 14.3. The molecular weight excluding hydrogens is 340 g/mol. The number of aryl methyl sites for hydroxylation is 1. The summed E-state index contributed by atoms with van der Waals surface area (Å²) < 4.78 is 11.3. The number of nitrogens with one attached hydrogen (secondary N) is 2. The van der Waals surface area contributed by atoms with Gasteiger partial charge in [-0.3, -0.25) is 4.99 Å². The van der Waals surface area contributed by atoms with Gasteiger partial charge in [0.05, 0.1) is 6.61 Å². The third kappa shape index (κ3) is 9.63. The smallest absolute Gasteiger partial charge is 0.191 e. The minimum atomic E-state index is 0.558. The molecule has 1 aromatic carbocycles. The van der Waals surface area contributed by atoms with Gasteiger partial charge >= 0.3 is 0 Å². The summed E-state index contributed by atoms with van der Waals surface area (Å²) in [4.78, 5) is 6.74. The van der Waals surface area contributed by atoms with E-state index < -0.39 is 0 Å². The Bertz CT molecular complexity index is 545. The Labute approximate surface area is 165 Å². The molecule has 0 aliphatic heterocycles. The van der Waals surface area contributed by atoms with Crippen molar-refractivity contribution >= 4 is 5.96 Å². The minimum absolute atomic E-state index is 0.558. The average molecular weight is 379 g/mol. The van der Waals surface area contributed by atoms with Gasteiger partial charge in [-0.25, -0.2) is 0 Å². The van der Waals surface area contributed by atoms with Crippen molar-refractivity contribution in [3.05, 3.63) is 29.3 Å². The van der Waals surface area contributed by atoms with Crippen molar-refractivity contribution in [2.75, 3.05) is 53.0 Å². The Hall–Kier alpha value is -1.79. The molecule has 0 aromatic heterocycles. The quantitative estimate of drug-likeness (QED) is 0.314. The van der Waals surface area contributed by atoms with E-state index in [0.717, 1.165) is 49.9 Å². The molecule has 2 N–H and O–H groups in total. The zero-order valence-corrected chi connectivity index (χ0v) is 17.8. The monoisotopic (exact) mass is 378 g/mol. The Morgan fingerprint density at radius 1 is 1.11 bits per heavy atom. The van der Waals surface area contributed by atoms with E-state index in [1.54, 1.807) is 7.05 Å². The van der Waals surface area contributed by atoms with E-state index >= 15 is 0 Å². The number of benzene rings is 1. The van der Waals surface area contributed by atoms with Crippen LogP contribution < -0.4 is 15.4 Å². The van der Waals surface area contributed by atoms with Crippen molar-refractivity contribution in [1.82, 2.24) is 15.5 Å². The van der Waals surface area contributed by atoms with E-state index in [0.29, 0.717) is 26.4 Å². The number of nitrogens with zero attached hydrogens (tertiary/aromatic N) is 2. The maximum atomic E-state index is 5.90. The van der Waals surface area contributed by atoms with Crippen LogP contribution in [0.5, 0.6) is 5.75 Å². The SMILES string of the molecule is CCOCCOc1cc(C)ccc1CNC(=NC)NCCCN(CC)CC. The highest BCUT2D eigenvalue weighted by molar-refractivity contribution is 5.79. The normalized spacial score (nSPS) is 11.7. The number of aliphatic imine (C=N–C) groups is 1. The first-order valence-electron chi connectivity index (χ1n) is 10.1. The summed E-state index contributed by atoms with van der Waals surface area (Å²) in [6, 6.07) is 6.28. The summed E-state index contributed by atoms with van der Waals surface area (Å²) in [6.45, 7) is 15.2. The first kappa shape index (κ1) is 23.2. The Kier molecular flexibility index (Phi) is 12.3. The molecule has 1 aromatic rings. The molecule has 0 bridgehead atoms. The maximum Gasteiger partial charge on any atom is 0.191 e. The predicted octanol–water partition coefficient (Wildman–Crippen LogP) is 2.81. The molecule has 0 saturated carbocycles. The first-order valence-corrected chi connectivity index (χ1v) is 10.1. The Morgan fingerprint density at radius 3 is 2.56 bits per heavy atom. The van der Waals surface area contributed by atoms with Crippen LogP contribution in [0.15, 0.2) is 23.2 Å². The van der Waals surface area contributed by atoms with Crippen molar-refractivity contribution in [3.63, 3.8) is 0 Å². The van der Waals surface area contributed by atoms with Gasteiger partial charge in [-0.2, -0.15) is 0 Å². The first-order chi connectivity index (χ1) is 13.1. The van der Waals surface area contributed by atoms with Gasteiger partial charge in [-0.05, 0) is 51.5 Å². The van der Waals surface area contributed by atoms with Crippen molar-refractivity contribution in [2.24, 2.45) is 4.99 Å². The fourth-order valence-corrected chi connectivity index (χ4v) is 2.75. The van der Waals surface area contributed by atoms with Crippen molar-refractivity contribution in [1.29, 1.82) is 0 Å². The third-order valence-corrected chi connectivity index (χ3v) is 4.42. The van der Waals surface area contributed by atoms with Crippen molar-refractivity contribution in [3.8, 4) is 5.75 Å². The lowest BCUT2D eigenvalue weighted by Crippen LogP contribution is -2.38. The van der Waals surface area contributed by atoms with Gasteiger partial charge in [0.25, 0.3) is 0 Å². The third-order valence-electron chi connectivity index (χ3n) is 4.42. The van der Waals surface area contributed by atoms with Crippen LogP contribution in [0, 0.1) is 6.92 Å². The highest BCUT2D eigenvalue weighted by Crippen LogP contribution is 2.20. The van der Waals surface area contributed by atoms with Gasteiger partial charge in [-0.15, -0.1) is 0 Å². The molecule has 6 nitrogen and oxygen atoms in total. The number of hydrogen-bond acceptors (Lipinski definition) is 4. The van der Waals surface area contributed by atoms with Crippen LogP contribution in [0.4, 0.5) is 0 Å². The Balaban J connectivity index is 2.47. The van der Waals surface area contributed by atoms with E-state index in [1.807, 2.05) is 6.92 Å². The van der Waals surface area contributed by atoms with Crippen LogP contribution in [0.25, 0.3) is 0 Å². The average Bonchev–Trinajstić information content (AvgIpc) is 2.68. The van der Waals surface area contributed by atoms with Crippen LogP contribution in [0.1, 0.15) is 38.3 Å². The molecule has 0 unspecified atom stereocenters. The molecule has 0 heterocycles. The molecular formula is C21H38N4O2. The Morgan fingerprint density at radius 2 is 1.89 bits per heavy atom. The number of rotatable bonds is 13. The molecule has 154 valence electrons. The number of guanidine groups is 1. The van der Waals surface area contributed by atoms with Crippen molar-refractivity contribution < 1.29 is 9.47 Å². The highest BCUT2D eigenvalue weighted by Gasteiger charge is 2.06. The molecule has 0 aliphatic carbocycles. The number of ether oxygens (including phenoxy) is 2. The van der Waals surface area contributed by atoms with E-state index in [9.17, 15) is 0 Å². The molecule has 0 fully saturated rings. The van der Waals surface area contributed by atoms with Crippen LogP contribution >= 0.6 is 0 Å². The van der Waals surface area contributed by atoms with Gasteiger partial charge < -0.3 is 25.0 Å². The molecule has 1 rings (SSSR count). The van der Waals surface area contributed by atoms with Crippen molar-refractivity contribution in [2.45, 2.75) is 40.7 Å². The summed E-state index contributed by atoms with van der Waals surface area (Å²) in [5.41, 5.74) is 2.30. The van der Waals surface area contributed by atoms with Crippen LogP contribution in [-0.2, 0) is 11.3 Å². The molecule has 0 radical (unpaired) electrons. The lowest BCUT2D eigenvalue weighted by Gasteiger charge is -2.19. The maximum absolute atomic E-state index is 5.90. The van der Waals surface area contributed by atoms with Crippen LogP contribution in [-0.4, -0.2) is 63.9 Å². The molecule has 0 atom stereocenters. The lowest BCUT2D eigenvalue weighted by atomic mass is 10.1. The summed E-state index contributed by atoms with van der Waals surface area (Å²) in [7, 11) is 1.80. The second-order valence-corrected chi connectivity index (χ2v) is 6.39. The molecule has 6 heteroatoms. The summed E-state index contributed by atoms with van der Waals surface area (Å²) >= 11 is 0. The minimum Gasteiger partial charge on any atom is -0.491 e. The predicted molar refractivity (Wildman–Crippen MR) is 114 cm³/mol. The van der Waals surface area contributed by atoms with Gasteiger partial charge in [0.2, 0.25) is 0 Å². The highest BCUT2D eigenvalue weighted by atomic mass is 16.5. The van der Waals surface area contributed by atoms with Gasteiger partial charge in [0.15, 0.2) is 5.96 Å². The standard InChI is InChI=1S/C21H38N4O2/c1-6-25(7-2)13-9-12-23-21(22-5)24-17-19-11-10-18(4)16-20(19)27-15-14-26-8-3/h10-11,16H,6-9,12-15,17H2,1-5H3,(H2,22,23,24). The summed E-state index contributed by atoms with van der Waals surface area (Å²) in [6.07, 6.45) is 1.10. The molecule has 27 heavy (non-hydrogen) atoms. The van der Waals surface area contributed by atoms with E-state index in [4.69, 9.17) is 9.47 Å². The zero-order valence-electron chi connectivity index (χ0n) is 17.8. The zero-order chi connectivity index (χ0) is 19.9. The van der Waals surface area contributed by atoms with E-state index in [2.05, 4.69) is 59.5 Å². The molecule has 0 saturated heterocycles. The van der Waals surface area contributed by atoms with Crippen LogP contribution in [0.2, 0.25) is 0 Å². The second-order valence-electron chi connectivity index (χ2n) is 6.39. The van der Waals surface area contributed by atoms with Gasteiger partial charge in [0, 0.05) is 32.3 Å². The fourth-order valence-electron chi connectivity index (χ4n) is 2.75. The van der Waals surface area contributed by atoms with E-state index in [1.165, 1.54) is 5.56 Å². The van der Waals surface area contributed by atoms with Gasteiger partial charge in [0.1, 0.15) is 12.4 Å². The number of hydrogen-bond donors (Lipinski definition) is 2. The lowest BCUT2D eigenvalue weighted by molar-refractivity contribution is 0.110. The molecule has 0 amide bonds. The molecule has 0 spiro atoms. The largest absolute Gasteiger partial charge is 0.491 e.